The Morgan fingerprint density at radius 3 is 2.93 bits per heavy atom. The normalized spacial score (nSPS) is 10.9. The molecule has 0 bridgehead atoms. The van der Waals surface area contributed by atoms with Crippen molar-refractivity contribution in [3.63, 3.8) is 0 Å². The summed E-state index contributed by atoms with van der Waals surface area (Å²) in [6, 6.07) is 11.2. The van der Waals surface area contributed by atoms with Gasteiger partial charge in [0.05, 0.1) is 6.26 Å². The summed E-state index contributed by atoms with van der Waals surface area (Å²) in [6.07, 6.45) is 4.49. The average Bonchev–Trinajstić information content (AvgIpc) is 3.44. The molecule has 0 aliphatic heterocycles. The second kappa shape index (κ2) is 8.37. The number of aryl methyl sites for hydroxylation is 1. The molecule has 7 nitrogen and oxygen atoms in total. The first-order valence-electron chi connectivity index (χ1n) is 8.52. The van der Waals surface area contributed by atoms with E-state index in [1.807, 2.05) is 24.3 Å². The monoisotopic (exact) mass is 414 g/mol. The molecule has 28 heavy (non-hydrogen) atoms. The molecule has 4 aromatic rings. The van der Waals surface area contributed by atoms with E-state index in [0.29, 0.717) is 35.4 Å². The number of benzene rings is 1. The van der Waals surface area contributed by atoms with Crippen molar-refractivity contribution in [3.8, 4) is 11.6 Å². The molecule has 0 unspecified atom stereocenters. The minimum Gasteiger partial charge on any atom is -0.461 e. The van der Waals surface area contributed by atoms with E-state index in [9.17, 15) is 4.79 Å². The number of carbonyl (C=O) groups excluding carboxylic acids is 1. The van der Waals surface area contributed by atoms with Crippen molar-refractivity contribution in [1.82, 2.24) is 15.1 Å². The highest BCUT2D eigenvalue weighted by Gasteiger charge is 2.13. The molecule has 0 radical (unpaired) electrons. The lowest BCUT2D eigenvalue weighted by Gasteiger charge is -2.01. The predicted molar refractivity (Wildman–Crippen MR) is 105 cm³/mol. The largest absolute Gasteiger partial charge is 0.461 e. The first-order valence-corrected chi connectivity index (χ1v) is 9.71. The number of carbonyl (C=O) groups is 1. The third kappa shape index (κ3) is 4.47. The van der Waals surface area contributed by atoms with Crippen molar-refractivity contribution < 1.29 is 13.7 Å². The zero-order chi connectivity index (χ0) is 19.3. The number of nitrogens with one attached hydrogen (secondary N) is 1. The summed E-state index contributed by atoms with van der Waals surface area (Å²) >= 11 is 7.61. The third-order valence-electron chi connectivity index (χ3n) is 3.90. The number of amides is 1. The zero-order valence-electron chi connectivity index (χ0n) is 14.6. The van der Waals surface area contributed by atoms with E-state index in [1.54, 1.807) is 18.3 Å². The molecular formula is C19H15ClN4O3S. The lowest BCUT2D eigenvalue weighted by molar-refractivity contribution is -0.116. The fourth-order valence-electron chi connectivity index (χ4n) is 2.54. The van der Waals surface area contributed by atoms with Crippen LogP contribution in [-0.4, -0.2) is 21.0 Å². The van der Waals surface area contributed by atoms with Gasteiger partial charge < -0.3 is 14.3 Å². The maximum atomic E-state index is 12.2. The summed E-state index contributed by atoms with van der Waals surface area (Å²) in [5.41, 5.74) is 1.02. The van der Waals surface area contributed by atoms with Crippen LogP contribution in [0.15, 0.2) is 57.8 Å². The van der Waals surface area contributed by atoms with Crippen LogP contribution in [0.1, 0.15) is 22.8 Å². The van der Waals surface area contributed by atoms with Gasteiger partial charge >= 0.3 is 0 Å². The van der Waals surface area contributed by atoms with Crippen molar-refractivity contribution in [2.75, 3.05) is 5.32 Å². The number of aromatic nitrogens is 3. The molecule has 0 saturated heterocycles. The number of halogens is 1. The van der Waals surface area contributed by atoms with Gasteiger partial charge in [0.15, 0.2) is 10.9 Å². The number of nitrogens with zero attached hydrogens (tertiary/aromatic N) is 3. The van der Waals surface area contributed by atoms with Gasteiger partial charge in [-0.15, -0.1) is 11.3 Å². The predicted octanol–water partition coefficient (Wildman–Crippen LogP) is 4.60. The van der Waals surface area contributed by atoms with Crippen LogP contribution >= 0.6 is 22.9 Å². The van der Waals surface area contributed by atoms with E-state index in [2.05, 4.69) is 20.4 Å². The summed E-state index contributed by atoms with van der Waals surface area (Å²) < 4.78 is 10.4. The van der Waals surface area contributed by atoms with Crippen LogP contribution in [0, 0.1) is 0 Å². The van der Waals surface area contributed by atoms with Gasteiger partial charge in [0.2, 0.25) is 17.6 Å². The van der Waals surface area contributed by atoms with Gasteiger partial charge in [-0.25, -0.2) is 4.98 Å². The van der Waals surface area contributed by atoms with Crippen LogP contribution in [0.25, 0.3) is 11.6 Å². The van der Waals surface area contributed by atoms with Gasteiger partial charge in [0, 0.05) is 35.4 Å². The Bertz CT molecular complexity index is 1070. The Morgan fingerprint density at radius 1 is 1.21 bits per heavy atom. The van der Waals surface area contributed by atoms with Gasteiger partial charge in [0.1, 0.15) is 0 Å². The van der Waals surface area contributed by atoms with E-state index in [4.69, 9.17) is 20.5 Å². The quantitative estimate of drug-likeness (QED) is 0.475. The van der Waals surface area contributed by atoms with Crippen molar-refractivity contribution >= 4 is 34.0 Å². The summed E-state index contributed by atoms with van der Waals surface area (Å²) in [4.78, 5) is 21.7. The van der Waals surface area contributed by atoms with Crippen molar-refractivity contribution in [2.45, 2.75) is 19.3 Å². The van der Waals surface area contributed by atoms with Crippen LogP contribution in [0.2, 0.25) is 5.02 Å². The maximum absolute atomic E-state index is 12.2. The molecule has 1 N–H and O–H groups in total. The first-order chi connectivity index (χ1) is 13.7. The minimum atomic E-state index is -0.170. The second-order valence-electron chi connectivity index (χ2n) is 5.94. The molecule has 1 amide bonds. The minimum absolute atomic E-state index is 0.170. The number of hydrogen-bond donors (Lipinski definition) is 1. The second-order valence-corrected chi connectivity index (χ2v) is 7.46. The van der Waals surface area contributed by atoms with Crippen LogP contribution < -0.4 is 5.32 Å². The van der Waals surface area contributed by atoms with E-state index < -0.39 is 0 Å². The molecule has 142 valence electrons. The van der Waals surface area contributed by atoms with Crippen molar-refractivity contribution in [2.24, 2.45) is 0 Å². The maximum Gasteiger partial charge on any atom is 0.238 e. The number of furan rings is 1. The Balaban J connectivity index is 1.30. The zero-order valence-corrected chi connectivity index (χ0v) is 16.2. The standard InChI is InChI=1S/C19H15ClN4O3S/c20-14-5-2-1-4-12(14)10-13-11-21-19(28-13)22-16(25)7-8-17-23-18(24-27-17)15-6-3-9-26-15/h1-6,9,11H,7-8,10H2,(H,21,22,25). The Morgan fingerprint density at radius 2 is 2.11 bits per heavy atom. The molecule has 3 heterocycles. The molecule has 0 aliphatic carbocycles. The summed E-state index contributed by atoms with van der Waals surface area (Å²) in [5, 5.41) is 7.90. The van der Waals surface area contributed by atoms with E-state index in [-0.39, 0.29) is 12.3 Å². The molecule has 3 aromatic heterocycles. The smallest absolute Gasteiger partial charge is 0.238 e. The highest BCUT2D eigenvalue weighted by molar-refractivity contribution is 7.15. The molecule has 9 heteroatoms. The van der Waals surface area contributed by atoms with Gasteiger partial charge in [-0.05, 0) is 23.8 Å². The third-order valence-corrected chi connectivity index (χ3v) is 5.18. The van der Waals surface area contributed by atoms with Crippen LogP contribution in [0.5, 0.6) is 0 Å². The van der Waals surface area contributed by atoms with E-state index in [0.717, 1.165) is 15.5 Å². The average molecular weight is 415 g/mol. The molecule has 0 fully saturated rings. The van der Waals surface area contributed by atoms with Crippen LogP contribution in [0.4, 0.5) is 5.13 Å². The lowest BCUT2D eigenvalue weighted by atomic mass is 10.1. The van der Waals surface area contributed by atoms with Gasteiger partial charge in [-0.2, -0.15) is 4.98 Å². The van der Waals surface area contributed by atoms with Gasteiger partial charge in [0.25, 0.3) is 0 Å². The number of rotatable bonds is 7. The molecular weight excluding hydrogens is 400 g/mol. The van der Waals surface area contributed by atoms with E-state index in [1.165, 1.54) is 17.6 Å². The van der Waals surface area contributed by atoms with Crippen molar-refractivity contribution in [1.29, 1.82) is 0 Å². The number of thiazole rings is 1. The molecule has 0 saturated carbocycles. The fraction of sp³-hybridized carbons (Fsp3) is 0.158. The fourth-order valence-corrected chi connectivity index (χ4v) is 3.60. The number of anilines is 1. The van der Waals surface area contributed by atoms with Crippen molar-refractivity contribution in [3.05, 3.63) is 70.2 Å². The van der Waals surface area contributed by atoms with E-state index >= 15 is 0 Å². The molecule has 1 aromatic carbocycles. The van der Waals surface area contributed by atoms with Crippen LogP contribution in [0.3, 0.4) is 0 Å². The molecule has 0 atom stereocenters. The molecule has 4 rings (SSSR count). The topological polar surface area (TPSA) is 94.0 Å². The molecule has 0 spiro atoms. The summed E-state index contributed by atoms with van der Waals surface area (Å²) in [6.45, 7) is 0. The van der Waals surface area contributed by atoms with Crippen LogP contribution in [-0.2, 0) is 17.6 Å². The Hall–Kier alpha value is -2.97. The number of hydrogen-bond acceptors (Lipinski definition) is 7. The Labute approximate surface area is 169 Å². The van der Waals surface area contributed by atoms with Gasteiger partial charge in [-0.1, -0.05) is 35.0 Å². The summed E-state index contributed by atoms with van der Waals surface area (Å²) in [5.74, 6) is 1.09. The first kappa shape index (κ1) is 18.4. The van der Waals surface area contributed by atoms with Gasteiger partial charge in [-0.3, -0.25) is 4.79 Å². The lowest BCUT2D eigenvalue weighted by Crippen LogP contribution is -2.12. The Kier molecular flexibility index (Phi) is 5.50. The summed E-state index contributed by atoms with van der Waals surface area (Å²) in [7, 11) is 0. The highest BCUT2D eigenvalue weighted by Crippen LogP contribution is 2.25. The SMILES string of the molecule is O=C(CCc1nc(-c2ccco2)no1)Nc1ncc(Cc2ccccc2Cl)s1. The highest BCUT2D eigenvalue weighted by atomic mass is 35.5. The molecule has 0 aliphatic rings.